The van der Waals surface area contributed by atoms with Gasteiger partial charge in [0.05, 0.1) is 20.9 Å². The number of piperidine rings is 1. The number of aromatic nitrogens is 1. The Bertz CT molecular complexity index is 1190. The fourth-order valence-corrected chi connectivity index (χ4v) is 7.59. The fraction of sp³-hybridized carbons (Fsp3) is 0.286. The molecular formula is C21H18BrCl2FN2O2S2. The van der Waals surface area contributed by atoms with Crippen molar-refractivity contribution in [2.24, 2.45) is 0 Å². The van der Waals surface area contributed by atoms with Crippen LogP contribution in [-0.4, -0.2) is 31.7 Å². The van der Waals surface area contributed by atoms with E-state index in [9.17, 15) is 12.8 Å². The number of rotatable bonds is 5. The highest BCUT2D eigenvalue weighted by molar-refractivity contribution is 9.10. The van der Waals surface area contributed by atoms with Crippen LogP contribution in [0.25, 0.3) is 0 Å². The zero-order valence-electron chi connectivity index (χ0n) is 16.2. The van der Waals surface area contributed by atoms with Crippen molar-refractivity contribution in [2.45, 2.75) is 29.4 Å². The highest BCUT2D eigenvalue weighted by Gasteiger charge is 2.33. The summed E-state index contributed by atoms with van der Waals surface area (Å²) in [5.74, 6) is -0.368. The summed E-state index contributed by atoms with van der Waals surface area (Å²) >= 11 is 16.9. The van der Waals surface area contributed by atoms with E-state index in [4.69, 9.17) is 23.2 Å². The maximum Gasteiger partial charge on any atom is 0.185 e. The average molecular weight is 564 g/mol. The molecule has 0 unspecified atom stereocenters. The Labute approximate surface area is 203 Å². The molecule has 4 nitrogen and oxygen atoms in total. The van der Waals surface area contributed by atoms with Gasteiger partial charge in [0.15, 0.2) is 15.0 Å². The quantitative estimate of drug-likeness (QED) is 0.361. The van der Waals surface area contributed by atoms with Gasteiger partial charge in [-0.05, 0) is 54.8 Å². The topological polar surface area (TPSA) is 50.3 Å². The van der Waals surface area contributed by atoms with E-state index in [0.717, 1.165) is 20.9 Å². The first-order chi connectivity index (χ1) is 14.7. The van der Waals surface area contributed by atoms with Crippen LogP contribution in [0.3, 0.4) is 0 Å². The van der Waals surface area contributed by atoms with Crippen LogP contribution < -0.4 is 4.90 Å². The van der Waals surface area contributed by atoms with Crippen LogP contribution in [0.4, 0.5) is 9.52 Å². The molecule has 2 aromatic carbocycles. The zero-order valence-corrected chi connectivity index (χ0v) is 20.9. The molecule has 0 saturated carbocycles. The Hall–Kier alpha value is -1.19. The van der Waals surface area contributed by atoms with Crippen LogP contribution in [0, 0.1) is 5.82 Å². The predicted molar refractivity (Wildman–Crippen MR) is 128 cm³/mol. The first-order valence-corrected chi connectivity index (χ1v) is 13.5. The molecule has 31 heavy (non-hydrogen) atoms. The summed E-state index contributed by atoms with van der Waals surface area (Å²) < 4.78 is 40.4. The van der Waals surface area contributed by atoms with E-state index in [1.54, 1.807) is 24.3 Å². The molecule has 0 N–H and O–H groups in total. The predicted octanol–water partition coefficient (Wildman–Crippen LogP) is 6.39. The molecule has 1 aromatic heterocycles. The molecule has 0 amide bonds. The molecule has 0 aliphatic carbocycles. The highest BCUT2D eigenvalue weighted by Crippen LogP contribution is 2.33. The summed E-state index contributed by atoms with van der Waals surface area (Å²) in [6.07, 6.45) is 1.49. The molecule has 1 aliphatic rings. The van der Waals surface area contributed by atoms with E-state index in [-0.39, 0.29) is 15.7 Å². The second-order valence-electron chi connectivity index (χ2n) is 7.38. The molecule has 1 fully saturated rings. The van der Waals surface area contributed by atoms with Gasteiger partial charge in [0.2, 0.25) is 0 Å². The molecule has 164 valence electrons. The van der Waals surface area contributed by atoms with Crippen LogP contribution in [0.5, 0.6) is 0 Å². The van der Waals surface area contributed by atoms with E-state index in [2.05, 4.69) is 25.8 Å². The fourth-order valence-electron chi connectivity index (χ4n) is 3.69. The number of hydrogen-bond acceptors (Lipinski definition) is 5. The van der Waals surface area contributed by atoms with E-state index < -0.39 is 15.1 Å². The highest BCUT2D eigenvalue weighted by atomic mass is 79.9. The SMILES string of the molecule is O=S(=O)(c1ccc(Br)cc1Cl)C1CCN(c2nc(Cc3cc(F)cc(Cl)c3)cs2)CC1. The minimum absolute atomic E-state index is 0.182. The summed E-state index contributed by atoms with van der Waals surface area (Å²) in [5.41, 5.74) is 1.59. The van der Waals surface area contributed by atoms with Crippen molar-refractivity contribution in [1.29, 1.82) is 0 Å². The molecule has 0 spiro atoms. The number of anilines is 1. The van der Waals surface area contributed by atoms with Gasteiger partial charge in [0, 0.05) is 34.4 Å². The monoisotopic (exact) mass is 562 g/mol. The smallest absolute Gasteiger partial charge is 0.185 e. The molecule has 10 heteroatoms. The third-order valence-electron chi connectivity index (χ3n) is 5.20. The number of halogens is 4. The first kappa shape index (κ1) is 23.0. The number of benzene rings is 2. The van der Waals surface area contributed by atoms with Crippen molar-refractivity contribution in [1.82, 2.24) is 4.98 Å². The number of nitrogens with zero attached hydrogens (tertiary/aromatic N) is 2. The summed E-state index contributed by atoms with van der Waals surface area (Å²) in [5, 5.41) is 2.91. The van der Waals surface area contributed by atoms with E-state index in [1.165, 1.54) is 23.5 Å². The Morgan fingerprint density at radius 2 is 1.90 bits per heavy atom. The average Bonchev–Trinajstić information content (AvgIpc) is 3.15. The molecule has 2 heterocycles. The zero-order chi connectivity index (χ0) is 22.2. The molecule has 1 aliphatic heterocycles. The van der Waals surface area contributed by atoms with Gasteiger partial charge < -0.3 is 4.90 Å². The van der Waals surface area contributed by atoms with E-state index in [1.807, 2.05) is 5.38 Å². The molecule has 3 aromatic rings. The van der Waals surface area contributed by atoms with Crippen LogP contribution in [0.15, 0.2) is 51.1 Å². The second-order valence-corrected chi connectivity index (χ2v) is 12.2. The first-order valence-electron chi connectivity index (χ1n) is 9.55. The maximum absolute atomic E-state index is 13.6. The molecule has 0 atom stereocenters. The number of thiazole rings is 1. The Kier molecular flexibility index (Phi) is 6.93. The lowest BCUT2D eigenvalue weighted by atomic mass is 10.1. The lowest BCUT2D eigenvalue weighted by Crippen LogP contribution is -2.39. The standard InChI is InChI=1S/C21H18BrCl2FN2O2S2/c22-14-1-2-20(19(24)10-14)31(28,29)18-3-5-27(6-4-18)21-26-17(12-30-21)9-13-7-15(23)11-16(25)8-13/h1-2,7-8,10-12,18H,3-6,9H2. The van der Waals surface area contributed by atoms with Gasteiger partial charge in [-0.1, -0.05) is 39.1 Å². The Morgan fingerprint density at radius 3 is 2.58 bits per heavy atom. The maximum atomic E-state index is 13.6. The lowest BCUT2D eigenvalue weighted by Gasteiger charge is -2.31. The lowest BCUT2D eigenvalue weighted by molar-refractivity contribution is 0.529. The molecule has 0 radical (unpaired) electrons. The third kappa shape index (κ3) is 5.25. The third-order valence-corrected chi connectivity index (χ3v) is 9.60. The van der Waals surface area contributed by atoms with Crippen LogP contribution >= 0.6 is 50.5 Å². The van der Waals surface area contributed by atoms with Gasteiger partial charge in [0.1, 0.15) is 5.82 Å². The van der Waals surface area contributed by atoms with Crippen molar-refractivity contribution in [3.63, 3.8) is 0 Å². The Balaban J connectivity index is 1.42. The minimum Gasteiger partial charge on any atom is -0.348 e. The summed E-state index contributed by atoms with van der Waals surface area (Å²) in [6, 6.07) is 9.31. The molecule has 0 bridgehead atoms. The van der Waals surface area contributed by atoms with Gasteiger partial charge in [0.25, 0.3) is 0 Å². The van der Waals surface area contributed by atoms with E-state index in [0.29, 0.717) is 37.4 Å². The molecule has 1 saturated heterocycles. The molecular weight excluding hydrogens is 546 g/mol. The van der Waals surface area contributed by atoms with Gasteiger partial charge in [-0.15, -0.1) is 11.3 Å². The van der Waals surface area contributed by atoms with Gasteiger partial charge in [-0.3, -0.25) is 0 Å². The van der Waals surface area contributed by atoms with E-state index >= 15 is 0 Å². The van der Waals surface area contributed by atoms with Crippen molar-refractivity contribution < 1.29 is 12.8 Å². The van der Waals surface area contributed by atoms with Gasteiger partial charge in [-0.2, -0.15) is 0 Å². The van der Waals surface area contributed by atoms with Crippen molar-refractivity contribution in [3.8, 4) is 0 Å². The minimum atomic E-state index is -3.50. The second kappa shape index (κ2) is 9.35. The van der Waals surface area contributed by atoms with Crippen LogP contribution in [0.2, 0.25) is 10.0 Å². The van der Waals surface area contributed by atoms with Crippen molar-refractivity contribution in [2.75, 3.05) is 18.0 Å². The number of sulfone groups is 1. The summed E-state index contributed by atoms with van der Waals surface area (Å²) in [6.45, 7) is 1.19. The van der Waals surface area contributed by atoms with Gasteiger partial charge in [-0.25, -0.2) is 17.8 Å². The van der Waals surface area contributed by atoms with Crippen LogP contribution in [-0.2, 0) is 16.3 Å². The normalized spacial score (nSPS) is 15.4. The Morgan fingerprint density at radius 1 is 1.16 bits per heavy atom. The van der Waals surface area contributed by atoms with Crippen molar-refractivity contribution in [3.05, 3.63) is 73.4 Å². The van der Waals surface area contributed by atoms with Crippen molar-refractivity contribution >= 4 is 65.4 Å². The summed E-state index contributed by atoms with van der Waals surface area (Å²) in [4.78, 5) is 6.94. The summed E-state index contributed by atoms with van der Waals surface area (Å²) in [7, 11) is -3.50. The molecule has 4 rings (SSSR count). The largest absolute Gasteiger partial charge is 0.348 e. The van der Waals surface area contributed by atoms with Gasteiger partial charge >= 0.3 is 0 Å². The number of hydrogen-bond donors (Lipinski definition) is 0. The van der Waals surface area contributed by atoms with Crippen LogP contribution in [0.1, 0.15) is 24.1 Å².